The summed E-state index contributed by atoms with van der Waals surface area (Å²) < 4.78 is 0. The molecule has 0 aliphatic heterocycles. The fourth-order valence-electron chi connectivity index (χ4n) is 1.45. The molecule has 0 unspecified atom stereocenters. The standard InChI is InChI=1S/C12H11NO2/c1-8-2-3-11(14)10(6-8)12(15)9-4-5-13-7-9/h2-7,13-14H,1H3. The van der Waals surface area contributed by atoms with Gasteiger partial charge in [-0.25, -0.2) is 0 Å². The Morgan fingerprint density at radius 2 is 2.13 bits per heavy atom. The molecule has 1 aromatic carbocycles. The van der Waals surface area contributed by atoms with Gasteiger partial charge in [0.1, 0.15) is 5.75 Å². The largest absolute Gasteiger partial charge is 0.507 e. The number of hydrogen-bond donors (Lipinski definition) is 2. The number of phenolic OH excluding ortho intramolecular Hbond substituents is 1. The van der Waals surface area contributed by atoms with E-state index in [1.54, 1.807) is 30.6 Å². The highest BCUT2D eigenvalue weighted by atomic mass is 16.3. The van der Waals surface area contributed by atoms with Crippen LogP contribution in [0.15, 0.2) is 36.7 Å². The molecule has 0 bridgehead atoms. The van der Waals surface area contributed by atoms with E-state index in [0.29, 0.717) is 11.1 Å². The summed E-state index contributed by atoms with van der Waals surface area (Å²) in [5.41, 5.74) is 1.84. The molecule has 0 radical (unpaired) electrons. The summed E-state index contributed by atoms with van der Waals surface area (Å²) in [7, 11) is 0. The van der Waals surface area contributed by atoms with Crippen LogP contribution in [-0.2, 0) is 0 Å². The number of aryl methyl sites for hydroxylation is 1. The molecule has 2 aromatic rings. The molecule has 76 valence electrons. The number of phenols is 1. The fourth-order valence-corrected chi connectivity index (χ4v) is 1.45. The topological polar surface area (TPSA) is 53.1 Å². The third kappa shape index (κ3) is 1.76. The molecular formula is C12H11NO2. The third-order valence-electron chi connectivity index (χ3n) is 2.26. The lowest BCUT2D eigenvalue weighted by atomic mass is 10.0. The predicted octanol–water partition coefficient (Wildman–Crippen LogP) is 2.26. The lowest BCUT2D eigenvalue weighted by Crippen LogP contribution is -2.00. The van der Waals surface area contributed by atoms with E-state index in [0.717, 1.165) is 5.56 Å². The molecule has 2 rings (SSSR count). The minimum absolute atomic E-state index is 0.0202. The van der Waals surface area contributed by atoms with Crippen molar-refractivity contribution in [3.05, 3.63) is 53.3 Å². The smallest absolute Gasteiger partial charge is 0.198 e. The highest BCUT2D eigenvalue weighted by molar-refractivity contribution is 6.10. The summed E-state index contributed by atoms with van der Waals surface area (Å²) >= 11 is 0. The van der Waals surface area contributed by atoms with Crippen molar-refractivity contribution in [2.24, 2.45) is 0 Å². The van der Waals surface area contributed by atoms with E-state index in [1.165, 1.54) is 6.07 Å². The van der Waals surface area contributed by atoms with Gasteiger partial charge in [0.15, 0.2) is 5.78 Å². The molecule has 0 spiro atoms. The monoisotopic (exact) mass is 201 g/mol. The molecule has 0 saturated heterocycles. The molecule has 0 aliphatic carbocycles. The van der Waals surface area contributed by atoms with Gasteiger partial charge in [0.05, 0.1) is 5.56 Å². The van der Waals surface area contributed by atoms with Crippen LogP contribution in [0.1, 0.15) is 21.5 Å². The van der Waals surface area contributed by atoms with Gasteiger partial charge < -0.3 is 10.1 Å². The maximum Gasteiger partial charge on any atom is 0.198 e. The summed E-state index contributed by atoms with van der Waals surface area (Å²) in [5.74, 6) is -0.149. The highest BCUT2D eigenvalue weighted by Gasteiger charge is 2.13. The third-order valence-corrected chi connectivity index (χ3v) is 2.26. The van der Waals surface area contributed by atoms with Crippen LogP contribution >= 0.6 is 0 Å². The number of H-pyrrole nitrogens is 1. The van der Waals surface area contributed by atoms with Gasteiger partial charge in [0, 0.05) is 18.0 Å². The Bertz CT molecular complexity index is 486. The fraction of sp³-hybridized carbons (Fsp3) is 0.0833. The van der Waals surface area contributed by atoms with Gasteiger partial charge in [0.2, 0.25) is 0 Å². The van der Waals surface area contributed by atoms with E-state index < -0.39 is 0 Å². The van der Waals surface area contributed by atoms with Crippen LogP contribution in [0.4, 0.5) is 0 Å². The minimum atomic E-state index is -0.169. The summed E-state index contributed by atoms with van der Waals surface area (Å²) in [4.78, 5) is 14.7. The number of aromatic nitrogens is 1. The van der Waals surface area contributed by atoms with Gasteiger partial charge in [-0.15, -0.1) is 0 Å². The zero-order valence-electron chi connectivity index (χ0n) is 8.32. The van der Waals surface area contributed by atoms with Crippen molar-refractivity contribution in [2.45, 2.75) is 6.92 Å². The predicted molar refractivity (Wildman–Crippen MR) is 57.1 cm³/mol. The van der Waals surface area contributed by atoms with Crippen molar-refractivity contribution in [1.29, 1.82) is 0 Å². The lowest BCUT2D eigenvalue weighted by molar-refractivity contribution is 0.103. The first-order valence-corrected chi connectivity index (χ1v) is 4.65. The van der Waals surface area contributed by atoms with Crippen LogP contribution in [0.3, 0.4) is 0 Å². The second-order valence-corrected chi connectivity index (χ2v) is 3.45. The minimum Gasteiger partial charge on any atom is -0.507 e. The van der Waals surface area contributed by atoms with Crippen LogP contribution in [0, 0.1) is 6.92 Å². The quantitative estimate of drug-likeness (QED) is 0.732. The number of nitrogens with one attached hydrogen (secondary N) is 1. The number of rotatable bonds is 2. The van der Waals surface area contributed by atoms with Crippen LogP contribution in [-0.4, -0.2) is 15.9 Å². The summed E-state index contributed by atoms with van der Waals surface area (Å²) in [6.07, 6.45) is 3.30. The number of carbonyl (C=O) groups is 1. The zero-order chi connectivity index (χ0) is 10.8. The van der Waals surface area contributed by atoms with Crippen LogP contribution in [0.25, 0.3) is 0 Å². The molecule has 0 aliphatic rings. The Balaban J connectivity index is 2.46. The number of carbonyl (C=O) groups excluding carboxylic acids is 1. The Morgan fingerprint density at radius 3 is 2.80 bits per heavy atom. The van der Waals surface area contributed by atoms with Crippen molar-refractivity contribution < 1.29 is 9.90 Å². The molecule has 3 heteroatoms. The van der Waals surface area contributed by atoms with Crippen LogP contribution < -0.4 is 0 Å². The maximum absolute atomic E-state index is 11.9. The molecule has 0 saturated carbocycles. The molecule has 0 fully saturated rings. The first kappa shape index (κ1) is 9.52. The van der Waals surface area contributed by atoms with Gasteiger partial charge >= 0.3 is 0 Å². The van der Waals surface area contributed by atoms with Crippen molar-refractivity contribution >= 4 is 5.78 Å². The van der Waals surface area contributed by atoms with E-state index >= 15 is 0 Å². The molecule has 0 atom stereocenters. The van der Waals surface area contributed by atoms with Crippen LogP contribution in [0.2, 0.25) is 0 Å². The number of hydrogen-bond acceptors (Lipinski definition) is 2. The first-order valence-electron chi connectivity index (χ1n) is 4.65. The van der Waals surface area contributed by atoms with E-state index in [9.17, 15) is 9.90 Å². The Labute approximate surface area is 87.4 Å². The van der Waals surface area contributed by atoms with Gasteiger partial charge in [-0.1, -0.05) is 11.6 Å². The Morgan fingerprint density at radius 1 is 1.33 bits per heavy atom. The van der Waals surface area contributed by atoms with Crippen molar-refractivity contribution in [3.8, 4) is 5.75 Å². The summed E-state index contributed by atoms with van der Waals surface area (Å²) in [5, 5.41) is 9.57. The van der Waals surface area contributed by atoms with Crippen LogP contribution in [0.5, 0.6) is 5.75 Å². The van der Waals surface area contributed by atoms with E-state index in [2.05, 4.69) is 4.98 Å². The molecule has 3 nitrogen and oxygen atoms in total. The van der Waals surface area contributed by atoms with Gasteiger partial charge in [-0.2, -0.15) is 0 Å². The van der Waals surface area contributed by atoms with E-state index in [4.69, 9.17) is 0 Å². The second kappa shape index (κ2) is 3.61. The molecular weight excluding hydrogens is 190 g/mol. The molecule has 0 amide bonds. The van der Waals surface area contributed by atoms with Crippen molar-refractivity contribution in [2.75, 3.05) is 0 Å². The molecule has 1 heterocycles. The number of aromatic hydroxyl groups is 1. The van der Waals surface area contributed by atoms with Gasteiger partial charge in [0.25, 0.3) is 0 Å². The molecule has 1 aromatic heterocycles. The Hall–Kier alpha value is -2.03. The Kier molecular flexibility index (Phi) is 2.29. The van der Waals surface area contributed by atoms with Crippen molar-refractivity contribution in [1.82, 2.24) is 4.98 Å². The average Bonchev–Trinajstić information content (AvgIpc) is 2.74. The van der Waals surface area contributed by atoms with Gasteiger partial charge in [-0.3, -0.25) is 4.79 Å². The van der Waals surface area contributed by atoms with Gasteiger partial charge in [-0.05, 0) is 25.1 Å². The molecule has 15 heavy (non-hydrogen) atoms. The summed E-state index contributed by atoms with van der Waals surface area (Å²) in [6, 6.07) is 6.67. The number of benzene rings is 1. The number of ketones is 1. The number of aromatic amines is 1. The zero-order valence-corrected chi connectivity index (χ0v) is 8.32. The summed E-state index contributed by atoms with van der Waals surface area (Å²) in [6.45, 7) is 1.88. The van der Waals surface area contributed by atoms with Crippen molar-refractivity contribution in [3.63, 3.8) is 0 Å². The second-order valence-electron chi connectivity index (χ2n) is 3.45. The SMILES string of the molecule is Cc1ccc(O)c(C(=O)c2cc[nH]c2)c1. The van der Waals surface area contributed by atoms with E-state index in [-0.39, 0.29) is 11.5 Å². The maximum atomic E-state index is 11.9. The average molecular weight is 201 g/mol. The highest BCUT2D eigenvalue weighted by Crippen LogP contribution is 2.21. The molecule has 2 N–H and O–H groups in total. The lowest BCUT2D eigenvalue weighted by Gasteiger charge is -2.03. The normalized spacial score (nSPS) is 10.2. The first-order chi connectivity index (χ1) is 7.18. The van der Waals surface area contributed by atoms with E-state index in [1.807, 2.05) is 6.92 Å².